The molecule has 0 aromatic rings. The smallest absolute Gasteiger partial charge is 0.324 e. The van der Waals surface area contributed by atoms with E-state index >= 15 is 0 Å². The van der Waals surface area contributed by atoms with E-state index in [9.17, 15) is 9.59 Å². The molecule has 2 atom stereocenters. The highest BCUT2D eigenvalue weighted by atomic mass is 16.6. The van der Waals surface area contributed by atoms with E-state index < -0.39 is 28.6 Å². The number of fused-ring (bicyclic) bond motifs is 1. The Morgan fingerprint density at radius 2 is 1.25 bits per heavy atom. The minimum atomic E-state index is -1.20. The topological polar surface area (TPSA) is 65.1 Å². The molecule has 2 aliphatic rings. The molecule has 20 heavy (non-hydrogen) atoms. The van der Waals surface area contributed by atoms with Crippen LogP contribution in [0.25, 0.3) is 0 Å². The highest BCUT2D eigenvalue weighted by molar-refractivity contribution is 6.01. The Morgan fingerprint density at radius 1 is 0.900 bits per heavy atom. The van der Waals surface area contributed by atoms with Gasteiger partial charge in [0.05, 0.1) is 12.2 Å². The predicted molar refractivity (Wildman–Crippen MR) is 72.0 cm³/mol. The summed E-state index contributed by atoms with van der Waals surface area (Å²) in [5.74, 6) is -0.981. The summed E-state index contributed by atoms with van der Waals surface area (Å²) < 4.78 is 16.2. The first kappa shape index (κ1) is 15.3. The van der Waals surface area contributed by atoms with E-state index in [1.807, 2.05) is 0 Å². The molecule has 1 saturated heterocycles. The van der Waals surface area contributed by atoms with Gasteiger partial charge in [0, 0.05) is 12.8 Å². The van der Waals surface area contributed by atoms with E-state index in [0.29, 0.717) is 12.8 Å². The molecule has 1 aliphatic carbocycles. The lowest BCUT2D eigenvalue weighted by molar-refractivity contribution is -0.186. The summed E-state index contributed by atoms with van der Waals surface area (Å²) in [6, 6.07) is 0. The molecule has 1 saturated carbocycles. The van der Waals surface area contributed by atoms with Gasteiger partial charge in [-0.05, 0) is 41.5 Å². The summed E-state index contributed by atoms with van der Waals surface area (Å²) in [4.78, 5) is 25.0. The molecule has 0 amide bonds. The van der Waals surface area contributed by atoms with Gasteiger partial charge in [-0.3, -0.25) is 9.59 Å². The third kappa shape index (κ3) is 3.14. The Labute approximate surface area is 120 Å². The Morgan fingerprint density at radius 3 is 1.55 bits per heavy atom. The molecule has 1 aliphatic heterocycles. The minimum absolute atomic E-state index is 0.00460. The summed E-state index contributed by atoms with van der Waals surface area (Å²) >= 11 is 0. The Balaban J connectivity index is 2.18. The van der Waals surface area contributed by atoms with Gasteiger partial charge >= 0.3 is 11.9 Å². The van der Waals surface area contributed by atoms with Crippen LogP contribution >= 0.6 is 0 Å². The maximum atomic E-state index is 12.5. The Kier molecular flexibility index (Phi) is 3.40. The molecule has 0 N–H and O–H groups in total. The van der Waals surface area contributed by atoms with Crippen molar-refractivity contribution in [2.24, 2.45) is 5.41 Å². The van der Waals surface area contributed by atoms with E-state index in [0.717, 1.165) is 0 Å². The lowest BCUT2D eigenvalue weighted by Gasteiger charge is -2.32. The van der Waals surface area contributed by atoms with Crippen LogP contribution in [0.4, 0.5) is 0 Å². The van der Waals surface area contributed by atoms with Crippen LogP contribution in [0.5, 0.6) is 0 Å². The quantitative estimate of drug-likeness (QED) is 0.442. The number of ether oxygens (including phenoxy) is 3. The number of epoxide rings is 1. The first-order valence-corrected chi connectivity index (χ1v) is 7.05. The molecule has 0 radical (unpaired) electrons. The third-order valence-electron chi connectivity index (χ3n) is 3.37. The van der Waals surface area contributed by atoms with E-state index in [1.165, 1.54) is 0 Å². The summed E-state index contributed by atoms with van der Waals surface area (Å²) in [5.41, 5.74) is -2.45. The molecule has 5 heteroatoms. The van der Waals surface area contributed by atoms with Crippen molar-refractivity contribution in [3.05, 3.63) is 0 Å². The van der Waals surface area contributed by atoms with E-state index in [1.54, 1.807) is 41.5 Å². The highest BCUT2D eigenvalue weighted by Crippen LogP contribution is 2.52. The molecular weight excluding hydrogens is 260 g/mol. The maximum Gasteiger partial charge on any atom is 0.324 e. The summed E-state index contributed by atoms with van der Waals surface area (Å²) in [7, 11) is 0. The zero-order chi connectivity index (χ0) is 15.3. The number of rotatable bonds is 2. The van der Waals surface area contributed by atoms with Crippen LogP contribution in [-0.2, 0) is 23.8 Å². The van der Waals surface area contributed by atoms with Gasteiger partial charge in [-0.15, -0.1) is 0 Å². The fourth-order valence-corrected chi connectivity index (χ4v) is 2.48. The Hall–Kier alpha value is -1.10. The van der Waals surface area contributed by atoms with Gasteiger partial charge in [0.2, 0.25) is 0 Å². The summed E-state index contributed by atoms with van der Waals surface area (Å²) in [6.45, 7) is 10.7. The first-order valence-electron chi connectivity index (χ1n) is 7.05. The normalized spacial score (nSPS) is 27.7. The third-order valence-corrected chi connectivity index (χ3v) is 3.37. The van der Waals surface area contributed by atoms with Gasteiger partial charge in [-0.25, -0.2) is 0 Å². The lowest BCUT2D eigenvalue weighted by atomic mass is 9.85. The zero-order valence-corrected chi connectivity index (χ0v) is 13.1. The van der Waals surface area contributed by atoms with Gasteiger partial charge < -0.3 is 14.2 Å². The fourth-order valence-electron chi connectivity index (χ4n) is 2.48. The van der Waals surface area contributed by atoms with Crippen LogP contribution in [0.15, 0.2) is 0 Å². The zero-order valence-electron chi connectivity index (χ0n) is 13.1. The van der Waals surface area contributed by atoms with Crippen LogP contribution < -0.4 is 0 Å². The average molecular weight is 284 g/mol. The molecular formula is C15H24O5. The predicted octanol–water partition coefficient (Wildman–Crippen LogP) is 2.22. The van der Waals surface area contributed by atoms with Crippen molar-refractivity contribution in [2.45, 2.75) is 77.8 Å². The van der Waals surface area contributed by atoms with Crippen LogP contribution in [0.1, 0.15) is 54.4 Å². The molecule has 5 nitrogen and oxygen atoms in total. The van der Waals surface area contributed by atoms with Crippen LogP contribution in [0.2, 0.25) is 0 Å². The van der Waals surface area contributed by atoms with Gasteiger partial charge in [0.15, 0.2) is 5.41 Å². The number of carbonyl (C=O) groups is 2. The molecule has 1 heterocycles. The van der Waals surface area contributed by atoms with Crippen LogP contribution in [0, 0.1) is 5.41 Å². The van der Waals surface area contributed by atoms with Crippen molar-refractivity contribution in [1.29, 1.82) is 0 Å². The lowest BCUT2D eigenvalue weighted by Crippen LogP contribution is -2.46. The number of hydrogen-bond acceptors (Lipinski definition) is 5. The van der Waals surface area contributed by atoms with Crippen molar-refractivity contribution in [3.8, 4) is 0 Å². The van der Waals surface area contributed by atoms with Gasteiger partial charge in [0.25, 0.3) is 0 Å². The average Bonchev–Trinajstić information content (AvgIpc) is 2.80. The molecule has 0 bridgehead atoms. The van der Waals surface area contributed by atoms with Crippen molar-refractivity contribution in [1.82, 2.24) is 0 Å². The van der Waals surface area contributed by atoms with Crippen molar-refractivity contribution >= 4 is 11.9 Å². The van der Waals surface area contributed by atoms with Crippen molar-refractivity contribution < 1.29 is 23.8 Å². The maximum absolute atomic E-state index is 12.5. The molecule has 0 aromatic carbocycles. The summed E-state index contributed by atoms with van der Waals surface area (Å²) in [5, 5.41) is 0. The highest BCUT2D eigenvalue weighted by Gasteiger charge is 2.65. The molecule has 2 fully saturated rings. The van der Waals surface area contributed by atoms with Crippen molar-refractivity contribution in [3.63, 3.8) is 0 Å². The van der Waals surface area contributed by atoms with E-state index in [2.05, 4.69) is 0 Å². The molecule has 114 valence electrons. The Bertz CT molecular complexity index is 387. The van der Waals surface area contributed by atoms with Crippen LogP contribution in [-0.4, -0.2) is 35.3 Å². The minimum Gasteiger partial charge on any atom is -0.459 e. The second-order valence-corrected chi connectivity index (χ2v) is 7.71. The first-order chi connectivity index (χ1) is 8.93. The monoisotopic (exact) mass is 284 g/mol. The summed E-state index contributed by atoms with van der Waals surface area (Å²) in [6.07, 6.45) is 0.716. The number of hydrogen-bond donors (Lipinski definition) is 0. The van der Waals surface area contributed by atoms with Crippen molar-refractivity contribution in [2.75, 3.05) is 0 Å². The fraction of sp³-hybridized carbons (Fsp3) is 0.867. The second kappa shape index (κ2) is 4.45. The number of esters is 2. The SMILES string of the molecule is CC(C)(C)OC(=O)C1(C(=O)OC(C)(C)C)CC2OC2C1. The second-order valence-electron chi connectivity index (χ2n) is 7.71. The van der Waals surface area contributed by atoms with Gasteiger partial charge in [-0.1, -0.05) is 0 Å². The van der Waals surface area contributed by atoms with E-state index in [-0.39, 0.29) is 12.2 Å². The standard InChI is InChI=1S/C15H24O5/c1-13(2,3)19-11(16)15(7-9-10(8-15)18-9)12(17)20-14(4,5)6/h9-10H,7-8H2,1-6H3. The van der Waals surface area contributed by atoms with E-state index in [4.69, 9.17) is 14.2 Å². The molecule has 0 aromatic heterocycles. The van der Waals surface area contributed by atoms with Crippen LogP contribution in [0.3, 0.4) is 0 Å². The largest absolute Gasteiger partial charge is 0.459 e. The van der Waals surface area contributed by atoms with Gasteiger partial charge in [0.1, 0.15) is 11.2 Å². The molecule has 2 unspecified atom stereocenters. The van der Waals surface area contributed by atoms with Gasteiger partial charge in [-0.2, -0.15) is 0 Å². The molecule has 0 spiro atoms. The number of carbonyl (C=O) groups excluding carboxylic acids is 2. The molecule has 2 rings (SSSR count).